The van der Waals surface area contributed by atoms with E-state index in [-0.39, 0.29) is 16.5 Å². The molecule has 2 aromatic heterocycles. The molecule has 0 atom stereocenters. The van der Waals surface area contributed by atoms with E-state index in [4.69, 9.17) is 0 Å². The molecule has 2 heterocycles. The Morgan fingerprint density at radius 3 is 2.19 bits per heavy atom. The van der Waals surface area contributed by atoms with Gasteiger partial charge in [-0.25, -0.2) is 13.4 Å². The van der Waals surface area contributed by atoms with Gasteiger partial charge in [0.25, 0.3) is 15.9 Å². The van der Waals surface area contributed by atoms with Crippen molar-refractivity contribution >= 4 is 33.0 Å². The maximum atomic E-state index is 12.8. The Morgan fingerprint density at radius 1 is 0.903 bits per heavy atom. The normalized spacial score (nSPS) is 11.5. The first-order chi connectivity index (χ1) is 14.7. The summed E-state index contributed by atoms with van der Waals surface area (Å²) in [6.45, 7) is 5.64. The van der Waals surface area contributed by atoms with Gasteiger partial charge < -0.3 is 9.72 Å². The first-order valence-electron chi connectivity index (χ1n) is 9.70. The lowest BCUT2D eigenvalue weighted by molar-refractivity contribution is 0.102. The van der Waals surface area contributed by atoms with Crippen LogP contribution in [0.3, 0.4) is 0 Å². The number of fused-ring (bicyclic) bond motifs is 1. The van der Waals surface area contributed by atoms with Gasteiger partial charge in [-0.2, -0.15) is 0 Å². The molecule has 0 spiro atoms. The molecule has 0 aliphatic heterocycles. The lowest BCUT2D eigenvalue weighted by Crippen LogP contribution is -2.15. The number of nitrogens with one attached hydrogen (secondary N) is 2. The van der Waals surface area contributed by atoms with E-state index in [1.54, 1.807) is 18.3 Å². The Bertz CT molecular complexity index is 1370. The second-order valence-corrected chi connectivity index (χ2v) is 9.05. The van der Waals surface area contributed by atoms with Crippen molar-refractivity contribution in [1.82, 2.24) is 9.38 Å². The molecule has 2 aromatic carbocycles. The summed E-state index contributed by atoms with van der Waals surface area (Å²) in [5, 5.41) is 2.76. The van der Waals surface area contributed by atoms with Gasteiger partial charge in [0.15, 0.2) is 0 Å². The van der Waals surface area contributed by atoms with Crippen molar-refractivity contribution in [2.45, 2.75) is 25.7 Å². The second-order valence-electron chi connectivity index (χ2n) is 7.37. The quantitative estimate of drug-likeness (QED) is 0.489. The van der Waals surface area contributed by atoms with Crippen LogP contribution in [0, 0.1) is 20.8 Å². The predicted molar refractivity (Wildman–Crippen MR) is 121 cm³/mol. The third-order valence-corrected chi connectivity index (χ3v) is 6.43. The van der Waals surface area contributed by atoms with Gasteiger partial charge in [-0.3, -0.25) is 9.52 Å². The van der Waals surface area contributed by atoms with Crippen molar-refractivity contribution in [2.24, 2.45) is 0 Å². The van der Waals surface area contributed by atoms with Crippen LogP contribution < -0.4 is 10.0 Å². The topological polar surface area (TPSA) is 92.6 Å². The number of sulfonamides is 1. The summed E-state index contributed by atoms with van der Waals surface area (Å²) in [6, 6.07) is 17.2. The largest absolute Gasteiger partial charge is 0.321 e. The van der Waals surface area contributed by atoms with Crippen molar-refractivity contribution in [3.05, 3.63) is 89.4 Å². The Morgan fingerprint density at radius 2 is 1.55 bits per heavy atom. The number of hydrogen-bond acceptors (Lipinski definition) is 4. The number of rotatable bonds is 5. The molecule has 0 fully saturated rings. The van der Waals surface area contributed by atoms with E-state index in [1.807, 2.05) is 61.6 Å². The zero-order valence-electron chi connectivity index (χ0n) is 17.4. The minimum absolute atomic E-state index is 0.108. The van der Waals surface area contributed by atoms with E-state index in [2.05, 4.69) is 15.0 Å². The maximum Gasteiger partial charge on any atom is 0.275 e. The van der Waals surface area contributed by atoms with E-state index in [1.165, 1.54) is 12.1 Å². The van der Waals surface area contributed by atoms with Crippen LogP contribution in [0.5, 0.6) is 0 Å². The second kappa shape index (κ2) is 7.88. The minimum atomic E-state index is -3.76. The van der Waals surface area contributed by atoms with E-state index in [0.717, 1.165) is 16.8 Å². The van der Waals surface area contributed by atoms with Gasteiger partial charge in [0.05, 0.1) is 10.6 Å². The van der Waals surface area contributed by atoms with Crippen LogP contribution in [0.2, 0.25) is 0 Å². The number of anilines is 2. The third kappa shape index (κ3) is 4.15. The Hall–Kier alpha value is -3.65. The van der Waals surface area contributed by atoms with Crippen LogP contribution in [0.15, 0.2) is 71.8 Å². The minimum Gasteiger partial charge on any atom is -0.321 e. The zero-order chi connectivity index (χ0) is 22.2. The molecule has 4 rings (SSSR count). The molecular weight excluding hydrogens is 412 g/mol. The smallest absolute Gasteiger partial charge is 0.275 e. The third-order valence-electron chi connectivity index (χ3n) is 5.07. The van der Waals surface area contributed by atoms with E-state index >= 15 is 0 Å². The number of aryl methyl sites for hydroxylation is 3. The lowest BCUT2D eigenvalue weighted by Gasteiger charge is -2.13. The predicted octanol–water partition coefficient (Wildman–Crippen LogP) is 4.31. The number of carbonyl (C=O) groups is 1. The number of carbonyl (C=O) groups excluding carboxylic acids is 1. The number of pyridine rings is 1. The van der Waals surface area contributed by atoms with Crippen LogP contribution in [0.4, 0.5) is 11.4 Å². The highest BCUT2D eigenvalue weighted by molar-refractivity contribution is 7.92. The summed E-state index contributed by atoms with van der Waals surface area (Å²) >= 11 is 0. The number of para-hydroxylation sites is 1. The van der Waals surface area contributed by atoms with Gasteiger partial charge in [0.1, 0.15) is 11.3 Å². The highest BCUT2D eigenvalue weighted by atomic mass is 32.2. The van der Waals surface area contributed by atoms with Gasteiger partial charge in [-0.15, -0.1) is 0 Å². The number of aromatic nitrogens is 2. The highest BCUT2D eigenvalue weighted by Gasteiger charge is 2.17. The van der Waals surface area contributed by atoms with E-state index in [9.17, 15) is 13.2 Å². The average Bonchev–Trinajstić information content (AvgIpc) is 3.17. The Labute approximate surface area is 180 Å². The summed E-state index contributed by atoms with van der Waals surface area (Å²) in [6.07, 6.45) is 1.67. The van der Waals surface area contributed by atoms with Crippen LogP contribution in [0.1, 0.15) is 27.3 Å². The number of imidazole rings is 1. The fourth-order valence-electron chi connectivity index (χ4n) is 3.34. The molecule has 0 bridgehead atoms. The molecule has 158 valence electrons. The number of amides is 1. The molecular formula is C23H22N4O3S. The van der Waals surface area contributed by atoms with E-state index < -0.39 is 10.0 Å². The summed E-state index contributed by atoms with van der Waals surface area (Å²) in [5.74, 6) is -0.368. The first kappa shape index (κ1) is 20.6. The number of hydrogen-bond donors (Lipinski definition) is 2. The van der Waals surface area contributed by atoms with Crippen molar-refractivity contribution in [2.75, 3.05) is 10.0 Å². The molecule has 1 amide bonds. The fraction of sp³-hybridized carbons (Fsp3) is 0.130. The van der Waals surface area contributed by atoms with Crippen LogP contribution in [-0.4, -0.2) is 23.7 Å². The van der Waals surface area contributed by atoms with Gasteiger partial charge in [0.2, 0.25) is 0 Å². The molecule has 8 heteroatoms. The lowest BCUT2D eigenvalue weighted by atomic mass is 10.1. The molecule has 0 aliphatic carbocycles. The fourth-order valence-corrected chi connectivity index (χ4v) is 4.54. The number of benzene rings is 2. The molecule has 0 aliphatic rings. The van der Waals surface area contributed by atoms with Crippen molar-refractivity contribution in [1.29, 1.82) is 0 Å². The first-order valence-corrected chi connectivity index (χ1v) is 11.2. The van der Waals surface area contributed by atoms with Crippen molar-refractivity contribution < 1.29 is 13.2 Å². The zero-order valence-corrected chi connectivity index (χ0v) is 18.2. The average molecular weight is 435 g/mol. The molecule has 7 nitrogen and oxygen atoms in total. The maximum absolute atomic E-state index is 12.8. The van der Waals surface area contributed by atoms with Gasteiger partial charge in [0, 0.05) is 17.6 Å². The molecule has 4 aromatic rings. The summed E-state index contributed by atoms with van der Waals surface area (Å²) in [5.41, 5.74) is 4.67. The number of nitrogens with zero attached hydrogens (tertiary/aromatic N) is 2. The van der Waals surface area contributed by atoms with Gasteiger partial charge in [-0.1, -0.05) is 24.3 Å². The molecule has 31 heavy (non-hydrogen) atoms. The van der Waals surface area contributed by atoms with Crippen molar-refractivity contribution in [3.8, 4) is 0 Å². The van der Waals surface area contributed by atoms with Gasteiger partial charge in [-0.05, 0) is 68.3 Å². The molecule has 0 saturated carbocycles. The summed E-state index contributed by atoms with van der Waals surface area (Å²) in [7, 11) is -3.76. The monoisotopic (exact) mass is 434 g/mol. The van der Waals surface area contributed by atoms with Crippen LogP contribution in [0.25, 0.3) is 5.65 Å². The summed E-state index contributed by atoms with van der Waals surface area (Å²) < 4.78 is 30.0. The molecule has 0 saturated heterocycles. The van der Waals surface area contributed by atoms with Gasteiger partial charge >= 0.3 is 0 Å². The Balaban J connectivity index is 1.52. The standard InChI is InChI=1S/C23H22N4O3S/c1-15-6-4-7-16(2)22(15)26-31(29,30)19-12-10-18(11-13-19)24-23(28)20-14-27-17(3)8-5-9-21(27)25-20/h4-14,26H,1-3H3,(H,24,28). The van der Waals surface area contributed by atoms with Crippen LogP contribution >= 0.6 is 0 Å². The highest BCUT2D eigenvalue weighted by Crippen LogP contribution is 2.24. The van der Waals surface area contributed by atoms with E-state index in [0.29, 0.717) is 17.0 Å². The van der Waals surface area contributed by atoms with Crippen LogP contribution in [-0.2, 0) is 10.0 Å². The molecule has 0 radical (unpaired) electrons. The van der Waals surface area contributed by atoms with Crippen molar-refractivity contribution in [3.63, 3.8) is 0 Å². The Kier molecular flexibility index (Phi) is 5.24. The summed E-state index contributed by atoms with van der Waals surface area (Å²) in [4.78, 5) is 17.0. The molecule has 2 N–H and O–H groups in total. The SMILES string of the molecule is Cc1cccc(C)c1NS(=O)(=O)c1ccc(NC(=O)c2cn3c(C)cccc3n2)cc1. The molecule has 0 unspecified atom stereocenters.